The minimum absolute atomic E-state index is 0.603. The summed E-state index contributed by atoms with van der Waals surface area (Å²) in [7, 11) is 1.91. The predicted octanol–water partition coefficient (Wildman–Crippen LogP) is 3.91. The van der Waals surface area contributed by atoms with Crippen LogP contribution in [0, 0.1) is 0 Å². The molecule has 0 radical (unpaired) electrons. The Balaban J connectivity index is 1.59. The second-order valence-corrected chi connectivity index (χ2v) is 6.54. The zero-order valence-corrected chi connectivity index (χ0v) is 15.2. The molecule has 0 unspecified atom stereocenters. The smallest absolute Gasteiger partial charge is 0.161 e. The van der Waals surface area contributed by atoms with Gasteiger partial charge in [0.2, 0.25) is 0 Å². The highest BCUT2D eigenvalue weighted by Crippen LogP contribution is 2.34. The molecule has 0 bridgehead atoms. The number of ether oxygens (including phenoxy) is 2. The number of anilines is 1. The van der Waals surface area contributed by atoms with E-state index in [0.717, 1.165) is 40.6 Å². The Labute approximate surface area is 156 Å². The van der Waals surface area contributed by atoms with Gasteiger partial charge in [-0.3, -0.25) is 4.68 Å². The second kappa shape index (κ2) is 7.25. The molecule has 2 aromatic heterocycles. The van der Waals surface area contributed by atoms with Gasteiger partial charge in [-0.1, -0.05) is 11.6 Å². The highest BCUT2D eigenvalue weighted by atomic mass is 35.5. The molecule has 0 fully saturated rings. The molecule has 134 valence electrons. The summed E-state index contributed by atoms with van der Waals surface area (Å²) < 4.78 is 13.3. The van der Waals surface area contributed by atoms with E-state index in [1.54, 1.807) is 6.20 Å². The van der Waals surface area contributed by atoms with Crippen molar-refractivity contribution in [1.29, 1.82) is 0 Å². The number of hydrogen-bond donors (Lipinski definition) is 1. The lowest BCUT2D eigenvalue weighted by atomic mass is 10.1. The number of rotatable bonds is 4. The quantitative estimate of drug-likeness (QED) is 0.754. The first-order chi connectivity index (χ1) is 12.7. The van der Waals surface area contributed by atoms with Crippen LogP contribution in [-0.2, 0) is 13.6 Å². The van der Waals surface area contributed by atoms with Gasteiger partial charge >= 0.3 is 0 Å². The van der Waals surface area contributed by atoms with Crippen molar-refractivity contribution in [1.82, 2.24) is 14.8 Å². The fraction of sp³-hybridized carbons (Fsp3) is 0.263. The molecule has 3 heterocycles. The summed E-state index contributed by atoms with van der Waals surface area (Å²) in [6.07, 6.45) is 4.51. The van der Waals surface area contributed by atoms with Crippen molar-refractivity contribution in [2.75, 3.05) is 18.5 Å². The van der Waals surface area contributed by atoms with Crippen molar-refractivity contribution in [3.05, 3.63) is 53.3 Å². The number of aryl methyl sites for hydroxylation is 1. The van der Waals surface area contributed by atoms with Gasteiger partial charge in [-0.15, -0.1) is 0 Å². The first-order valence-corrected chi connectivity index (χ1v) is 8.85. The molecule has 1 aliphatic rings. The van der Waals surface area contributed by atoms with Gasteiger partial charge in [0.05, 0.1) is 23.9 Å². The summed E-state index contributed by atoms with van der Waals surface area (Å²) in [5.74, 6) is 2.32. The van der Waals surface area contributed by atoms with Gasteiger partial charge in [0, 0.05) is 43.5 Å². The highest BCUT2D eigenvalue weighted by Gasteiger charge is 2.15. The van der Waals surface area contributed by atoms with E-state index in [2.05, 4.69) is 15.4 Å². The van der Waals surface area contributed by atoms with E-state index in [4.69, 9.17) is 21.1 Å². The summed E-state index contributed by atoms with van der Waals surface area (Å²) in [5, 5.41) is 8.54. The number of halogens is 1. The fourth-order valence-electron chi connectivity index (χ4n) is 2.89. The first kappa shape index (κ1) is 16.7. The van der Waals surface area contributed by atoms with E-state index < -0.39 is 0 Å². The minimum Gasteiger partial charge on any atom is -0.490 e. The van der Waals surface area contributed by atoms with Gasteiger partial charge in [-0.2, -0.15) is 5.10 Å². The number of pyridine rings is 1. The summed E-state index contributed by atoms with van der Waals surface area (Å²) in [4.78, 5) is 4.26. The lowest BCUT2D eigenvalue weighted by Crippen LogP contribution is -2.01. The van der Waals surface area contributed by atoms with Crippen molar-refractivity contribution in [2.24, 2.45) is 7.05 Å². The van der Waals surface area contributed by atoms with Crippen molar-refractivity contribution in [3.8, 4) is 22.8 Å². The molecule has 0 atom stereocenters. The van der Waals surface area contributed by atoms with E-state index in [-0.39, 0.29) is 0 Å². The van der Waals surface area contributed by atoms with Gasteiger partial charge < -0.3 is 14.8 Å². The topological polar surface area (TPSA) is 61.2 Å². The highest BCUT2D eigenvalue weighted by molar-refractivity contribution is 6.30. The van der Waals surface area contributed by atoms with Crippen molar-refractivity contribution >= 4 is 17.4 Å². The maximum atomic E-state index is 5.88. The lowest BCUT2D eigenvalue weighted by molar-refractivity contribution is 0.297. The van der Waals surface area contributed by atoms with Crippen molar-refractivity contribution in [2.45, 2.75) is 13.0 Å². The van der Waals surface area contributed by atoms with Crippen LogP contribution in [0.15, 0.2) is 42.7 Å². The number of nitrogens with one attached hydrogen (secondary N) is 1. The van der Waals surface area contributed by atoms with Gasteiger partial charge in [-0.25, -0.2) is 4.98 Å². The molecule has 1 aromatic carbocycles. The van der Waals surface area contributed by atoms with E-state index in [9.17, 15) is 0 Å². The molecule has 6 nitrogen and oxygen atoms in total. The van der Waals surface area contributed by atoms with Gasteiger partial charge in [0.15, 0.2) is 11.5 Å². The Hall–Kier alpha value is -2.73. The average molecular weight is 371 g/mol. The van der Waals surface area contributed by atoms with Gasteiger partial charge in [0.1, 0.15) is 5.82 Å². The van der Waals surface area contributed by atoms with Crippen LogP contribution in [0.5, 0.6) is 11.5 Å². The van der Waals surface area contributed by atoms with E-state index in [0.29, 0.717) is 24.8 Å². The van der Waals surface area contributed by atoms with E-state index in [1.165, 1.54) is 0 Å². The number of aromatic nitrogens is 3. The Morgan fingerprint density at radius 3 is 2.81 bits per heavy atom. The zero-order chi connectivity index (χ0) is 17.9. The summed E-state index contributed by atoms with van der Waals surface area (Å²) in [5.41, 5.74) is 2.97. The summed E-state index contributed by atoms with van der Waals surface area (Å²) in [6, 6.07) is 9.62. The van der Waals surface area contributed by atoms with Crippen molar-refractivity contribution < 1.29 is 9.47 Å². The summed E-state index contributed by atoms with van der Waals surface area (Å²) in [6.45, 7) is 1.95. The molecule has 0 amide bonds. The van der Waals surface area contributed by atoms with Crippen LogP contribution < -0.4 is 14.8 Å². The van der Waals surface area contributed by atoms with Crippen LogP contribution in [0.1, 0.15) is 12.0 Å². The molecular formula is C19H19ClN4O2. The third-order valence-electron chi connectivity index (χ3n) is 4.11. The Kier molecular flexibility index (Phi) is 4.67. The number of benzene rings is 1. The standard InChI is InChI=1S/C19H19ClN4O2/c1-24-12-14(10-21-18-6-4-15(20)11-22-18)19(23-24)13-3-5-16-17(9-13)26-8-2-7-25-16/h3-6,9,11-12H,2,7-8,10H2,1H3,(H,21,22). The molecule has 3 aromatic rings. The summed E-state index contributed by atoms with van der Waals surface area (Å²) >= 11 is 5.88. The number of hydrogen-bond acceptors (Lipinski definition) is 5. The second-order valence-electron chi connectivity index (χ2n) is 6.10. The van der Waals surface area contributed by atoms with Gasteiger partial charge in [0.25, 0.3) is 0 Å². The zero-order valence-electron chi connectivity index (χ0n) is 14.4. The van der Waals surface area contributed by atoms with Gasteiger partial charge in [-0.05, 0) is 30.3 Å². The third-order valence-corrected chi connectivity index (χ3v) is 4.34. The molecule has 7 heteroatoms. The van der Waals surface area contributed by atoms with Crippen LogP contribution in [0.25, 0.3) is 11.3 Å². The normalized spacial score (nSPS) is 13.3. The van der Waals surface area contributed by atoms with Crippen LogP contribution in [0.3, 0.4) is 0 Å². The van der Waals surface area contributed by atoms with E-state index in [1.807, 2.05) is 48.3 Å². The van der Waals surface area contributed by atoms with Crippen molar-refractivity contribution in [3.63, 3.8) is 0 Å². The van der Waals surface area contributed by atoms with Crippen LogP contribution in [0.4, 0.5) is 5.82 Å². The van der Waals surface area contributed by atoms with E-state index >= 15 is 0 Å². The number of fused-ring (bicyclic) bond motifs is 1. The Morgan fingerprint density at radius 2 is 2.00 bits per heavy atom. The maximum Gasteiger partial charge on any atom is 0.161 e. The first-order valence-electron chi connectivity index (χ1n) is 8.47. The molecule has 0 aliphatic carbocycles. The SMILES string of the molecule is Cn1cc(CNc2ccc(Cl)cn2)c(-c2ccc3c(c2)OCCCO3)n1. The lowest BCUT2D eigenvalue weighted by Gasteiger charge is -2.10. The largest absolute Gasteiger partial charge is 0.490 e. The maximum absolute atomic E-state index is 5.88. The van der Waals surface area contributed by atoms with Crippen LogP contribution in [-0.4, -0.2) is 28.0 Å². The minimum atomic E-state index is 0.603. The molecule has 0 spiro atoms. The Morgan fingerprint density at radius 1 is 1.15 bits per heavy atom. The predicted molar refractivity (Wildman–Crippen MR) is 101 cm³/mol. The third kappa shape index (κ3) is 3.60. The van der Waals surface area contributed by atoms with Crippen LogP contribution in [0.2, 0.25) is 5.02 Å². The monoisotopic (exact) mass is 370 g/mol. The fourth-order valence-corrected chi connectivity index (χ4v) is 3.00. The molecule has 26 heavy (non-hydrogen) atoms. The molecule has 4 rings (SSSR count). The Bertz CT molecular complexity index is 908. The molecule has 1 aliphatic heterocycles. The molecule has 1 N–H and O–H groups in total. The average Bonchev–Trinajstić information content (AvgIpc) is 2.87. The van der Waals surface area contributed by atoms with Crippen LogP contribution >= 0.6 is 11.6 Å². The molecule has 0 saturated heterocycles. The number of nitrogens with zero attached hydrogens (tertiary/aromatic N) is 3. The molecule has 0 saturated carbocycles. The molecular weight excluding hydrogens is 352 g/mol.